The fourth-order valence-electron chi connectivity index (χ4n) is 0.922. The van der Waals surface area contributed by atoms with E-state index in [9.17, 15) is 0 Å². The molecule has 0 aliphatic rings. The molecular formula is C7H8N2O. The topological polar surface area (TPSA) is 49.0 Å². The summed E-state index contributed by atoms with van der Waals surface area (Å²) >= 11 is 0. The van der Waals surface area contributed by atoms with Crippen LogP contribution in [0.3, 0.4) is 0 Å². The van der Waals surface area contributed by atoms with Crippen molar-refractivity contribution in [2.75, 3.05) is 0 Å². The summed E-state index contributed by atoms with van der Waals surface area (Å²) in [6.45, 7) is 3.53. The Hall–Kier alpha value is -1.43. The summed E-state index contributed by atoms with van der Waals surface area (Å²) in [5.74, 6) is 0. The van der Waals surface area contributed by atoms with Crippen molar-refractivity contribution in [3.63, 3.8) is 0 Å². The van der Waals surface area contributed by atoms with E-state index in [1.165, 1.54) is 0 Å². The highest BCUT2D eigenvalue weighted by Gasteiger charge is 2.06. The molecule has 0 aliphatic carbocycles. The standard InChI is InChI=1S/C7H8N2O/c1-5-3-6(2)9(10)7(5)4-8/h3,10H,1-2H3. The first-order valence-corrected chi connectivity index (χ1v) is 2.95. The van der Waals surface area contributed by atoms with Gasteiger partial charge in [0.15, 0.2) is 5.69 Å². The van der Waals surface area contributed by atoms with Crippen LogP contribution in [-0.2, 0) is 0 Å². The van der Waals surface area contributed by atoms with Crippen LogP contribution in [0.25, 0.3) is 0 Å². The predicted octanol–water partition coefficient (Wildman–Crippen LogP) is 1.21. The third-order valence-electron chi connectivity index (χ3n) is 1.45. The normalized spacial score (nSPS) is 9.30. The Balaban J connectivity index is 3.37. The van der Waals surface area contributed by atoms with Gasteiger partial charge < -0.3 is 5.21 Å². The van der Waals surface area contributed by atoms with Crippen LogP contribution in [0.2, 0.25) is 0 Å². The Morgan fingerprint density at radius 2 is 2.20 bits per heavy atom. The molecule has 1 heterocycles. The quantitative estimate of drug-likeness (QED) is 0.545. The molecule has 0 fully saturated rings. The van der Waals surface area contributed by atoms with Gasteiger partial charge >= 0.3 is 0 Å². The number of hydrogen-bond donors (Lipinski definition) is 1. The molecule has 0 aliphatic heterocycles. The lowest BCUT2D eigenvalue weighted by Gasteiger charge is -1.93. The van der Waals surface area contributed by atoms with E-state index < -0.39 is 0 Å². The second-order valence-electron chi connectivity index (χ2n) is 2.24. The molecule has 10 heavy (non-hydrogen) atoms. The van der Waals surface area contributed by atoms with Crippen LogP contribution in [0.5, 0.6) is 0 Å². The summed E-state index contributed by atoms with van der Waals surface area (Å²) in [7, 11) is 0. The van der Waals surface area contributed by atoms with Gasteiger partial charge in [-0.05, 0) is 25.5 Å². The minimum absolute atomic E-state index is 0.317. The smallest absolute Gasteiger partial charge is 0.159 e. The molecule has 0 unspecified atom stereocenters. The molecule has 0 radical (unpaired) electrons. The average molecular weight is 136 g/mol. The van der Waals surface area contributed by atoms with Crippen molar-refractivity contribution >= 4 is 0 Å². The highest BCUT2D eigenvalue weighted by molar-refractivity contribution is 5.34. The van der Waals surface area contributed by atoms with Gasteiger partial charge in [0.1, 0.15) is 6.07 Å². The molecular weight excluding hydrogens is 128 g/mol. The number of hydrogen-bond acceptors (Lipinski definition) is 2. The van der Waals surface area contributed by atoms with Gasteiger partial charge in [-0.15, -0.1) is 0 Å². The minimum Gasteiger partial charge on any atom is -0.427 e. The van der Waals surface area contributed by atoms with Gasteiger partial charge in [-0.25, -0.2) is 0 Å². The summed E-state index contributed by atoms with van der Waals surface area (Å²) in [6.07, 6.45) is 0. The van der Waals surface area contributed by atoms with Crippen LogP contribution >= 0.6 is 0 Å². The lowest BCUT2D eigenvalue weighted by atomic mass is 10.3. The number of rotatable bonds is 0. The molecule has 3 nitrogen and oxygen atoms in total. The van der Waals surface area contributed by atoms with Gasteiger partial charge in [0.25, 0.3) is 0 Å². The van der Waals surface area contributed by atoms with Crippen LogP contribution in [0.15, 0.2) is 6.07 Å². The average Bonchev–Trinajstić information content (AvgIpc) is 2.09. The molecule has 1 aromatic heterocycles. The molecule has 0 bridgehead atoms. The zero-order chi connectivity index (χ0) is 7.72. The molecule has 0 atom stereocenters. The van der Waals surface area contributed by atoms with Gasteiger partial charge in [0.05, 0.1) is 5.69 Å². The highest BCUT2D eigenvalue weighted by Crippen LogP contribution is 2.10. The molecule has 0 saturated carbocycles. The van der Waals surface area contributed by atoms with E-state index in [1.54, 1.807) is 19.9 Å². The van der Waals surface area contributed by atoms with E-state index in [-0.39, 0.29) is 0 Å². The van der Waals surface area contributed by atoms with Crippen molar-refractivity contribution in [1.29, 1.82) is 5.26 Å². The zero-order valence-corrected chi connectivity index (χ0v) is 5.92. The second kappa shape index (κ2) is 2.07. The maximum Gasteiger partial charge on any atom is 0.159 e. The van der Waals surface area contributed by atoms with Crippen molar-refractivity contribution in [2.24, 2.45) is 0 Å². The largest absolute Gasteiger partial charge is 0.427 e. The molecule has 1 N–H and O–H groups in total. The summed E-state index contributed by atoms with van der Waals surface area (Å²) < 4.78 is 0.898. The first kappa shape index (κ1) is 6.69. The molecule has 0 aromatic carbocycles. The zero-order valence-electron chi connectivity index (χ0n) is 5.92. The van der Waals surface area contributed by atoms with Gasteiger partial charge in [0, 0.05) is 0 Å². The third kappa shape index (κ3) is 0.742. The number of aryl methyl sites for hydroxylation is 2. The van der Waals surface area contributed by atoms with Crippen LogP contribution in [0.1, 0.15) is 17.0 Å². The van der Waals surface area contributed by atoms with Crippen molar-refractivity contribution < 1.29 is 5.21 Å². The fraction of sp³-hybridized carbons (Fsp3) is 0.286. The minimum atomic E-state index is 0.317. The second-order valence-corrected chi connectivity index (χ2v) is 2.24. The predicted molar refractivity (Wildman–Crippen MR) is 35.8 cm³/mol. The molecule has 1 rings (SSSR count). The Morgan fingerprint density at radius 3 is 2.40 bits per heavy atom. The summed E-state index contributed by atoms with van der Waals surface area (Å²) in [5.41, 5.74) is 1.81. The lowest BCUT2D eigenvalue weighted by molar-refractivity contribution is 0.178. The summed E-state index contributed by atoms with van der Waals surface area (Å²) in [6, 6.07) is 3.66. The Kier molecular flexibility index (Phi) is 1.38. The first-order chi connectivity index (χ1) is 4.66. The first-order valence-electron chi connectivity index (χ1n) is 2.95. The summed E-state index contributed by atoms with van der Waals surface area (Å²) in [5, 5.41) is 17.6. The van der Waals surface area contributed by atoms with E-state index in [0.29, 0.717) is 11.4 Å². The maximum absolute atomic E-state index is 9.11. The van der Waals surface area contributed by atoms with Crippen LogP contribution < -0.4 is 0 Å². The molecule has 0 saturated heterocycles. The van der Waals surface area contributed by atoms with Crippen LogP contribution in [0.4, 0.5) is 0 Å². The van der Waals surface area contributed by atoms with Crippen molar-refractivity contribution in [3.05, 3.63) is 23.0 Å². The van der Waals surface area contributed by atoms with Crippen LogP contribution in [-0.4, -0.2) is 9.94 Å². The van der Waals surface area contributed by atoms with Gasteiger partial charge in [-0.1, -0.05) is 0 Å². The van der Waals surface area contributed by atoms with E-state index in [1.807, 2.05) is 6.07 Å². The van der Waals surface area contributed by atoms with E-state index in [0.717, 1.165) is 10.3 Å². The number of aromatic nitrogens is 1. The Bertz CT molecular complexity index is 293. The molecule has 1 aromatic rings. The van der Waals surface area contributed by atoms with Crippen molar-refractivity contribution in [3.8, 4) is 6.07 Å². The number of nitrogens with zero attached hydrogens (tertiary/aromatic N) is 2. The van der Waals surface area contributed by atoms with Gasteiger partial charge in [-0.2, -0.15) is 9.99 Å². The lowest BCUT2D eigenvalue weighted by Crippen LogP contribution is -1.95. The maximum atomic E-state index is 9.11. The highest BCUT2D eigenvalue weighted by atomic mass is 16.5. The van der Waals surface area contributed by atoms with E-state index in [2.05, 4.69) is 0 Å². The van der Waals surface area contributed by atoms with Crippen LogP contribution in [0, 0.1) is 25.2 Å². The number of nitriles is 1. The van der Waals surface area contributed by atoms with Crippen molar-refractivity contribution in [2.45, 2.75) is 13.8 Å². The van der Waals surface area contributed by atoms with Crippen molar-refractivity contribution in [1.82, 2.24) is 4.73 Å². The SMILES string of the molecule is Cc1cc(C)n(O)c1C#N. The Morgan fingerprint density at radius 1 is 1.60 bits per heavy atom. The van der Waals surface area contributed by atoms with Gasteiger partial charge in [0.2, 0.25) is 0 Å². The molecule has 52 valence electrons. The van der Waals surface area contributed by atoms with E-state index in [4.69, 9.17) is 10.5 Å². The summed E-state index contributed by atoms with van der Waals surface area (Å²) in [4.78, 5) is 0. The fourth-order valence-corrected chi connectivity index (χ4v) is 0.922. The third-order valence-corrected chi connectivity index (χ3v) is 1.45. The molecule has 0 spiro atoms. The van der Waals surface area contributed by atoms with Gasteiger partial charge in [-0.3, -0.25) is 0 Å². The molecule has 3 heteroatoms. The monoisotopic (exact) mass is 136 g/mol. The van der Waals surface area contributed by atoms with E-state index >= 15 is 0 Å². The molecule has 0 amide bonds. The Labute approximate surface area is 59.1 Å².